The highest BCUT2D eigenvalue weighted by atomic mass is 16.7. The Labute approximate surface area is 98.3 Å². The molecule has 1 aliphatic heterocycles. The van der Waals surface area contributed by atoms with Crippen molar-refractivity contribution in [3.8, 4) is 0 Å². The highest BCUT2D eigenvalue weighted by Gasteiger charge is 2.32. The van der Waals surface area contributed by atoms with E-state index < -0.39 is 17.8 Å². The van der Waals surface area contributed by atoms with E-state index >= 15 is 0 Å². The van der Waals surface area contributed by atoms with Crippen molar-refractivity contribution in [2.24, 2.45) is 4.99 Å². The molecule has 2 amide bonds. The van der Waals surface area contributed by atoms with Gasteiger partial charge in [-0.1, -0.05) is 0 Å². The van der Waals surface area contributed by atoms with Crippen LogP contribution in [0.3, 0.4) is 0 Å². The van der Waals surface area contributed by atoms with Crippen molar-refractivity contribution in [2.45, 2.75) is 19.3 Å². The Bertz CT molecular complexity index is 313. The van der Waals surface area contributed by atoms with Gasteiger partial charge in [0.05, 0.1) is 26.2 Å². The normalized spacial score (nSPS) is 15.2. The minimum Gasteiger partial charge on any atom is -0.379 e. The van der Waals surface area contributed by atoms with Gasteiger partial charge in [0.25, 0.3) is 11.8 Å². The van der Waals surface area contributed by atoms with Gasteiger partial charge in [-0.25, -0.2) is 4.79 Å². The van der Waals surface area contributed by atoms with Crippen LogP contribution >= 0.6 is 0 Å². The molecule has 17 heavy (non-hydrogen) atoms. The highest BCUT2D eigenvalue weighted by molar-refractivity contribution is 6.01. The molecule has 0 unspecified atom stereocenters. The van der Waals surface area contributed by atoms with Crippen molar-refractivity contribution >= 4 is 24.5 Å². The van der Waals surface area contributed by atoms with Crippen LogP contribution in [0.25, 0.3) is 0 Å². The van der Waals surface area contributed by atoms with E-state index in [2.05, 4.69) is 16.5 Å². The first-order valence-electron chi connectivity index (χ1n) is 5.22. The van der Waals surface area contributed by atoms with Gasteiger partial charge in [-0.3, -0.25) is 14.6 Å². The third-order valence-corrected chi connectivity index (χ3v) is 2.04. The first kappa shape index (κ1) is 13.3. The van der Waals surface area contributed by atoms with Gasteiger partial charge in [0.15, 0.2) is 0 Å². The summed E-state index contributed by atoms with van der Waals surface area (Å²) in [7, 11) is 0. The van der Waals surface area contributed by atoms with Crippen molar-refractivity contribution in [3.05, 3.63) is 0 Å². The Balaban J connectivity index is 2.18. The number of ether oxygens (including phenoxy) is 1. The van der Waals surface area contributed by atoms with Gasteiger partial charge in [0, 0.05) is 12.8 Å². The second kappa shape index (κ2) is 6.74. The van der Waals surface area contributed by atoms with Crippen LogP contribution in [0, 0.1) is 0 Å². The second-order valence-corrected chi connectivity index (χ2v) is 3.35. The van der Waals surface area contributed by atoms with E-state index in [0.717, 1.165) is 0 Å². The maximum Gasteiger partial charge on any atom is 0.335 e. The summed E-state index contributed by atoms with van der Waals surface area (Å²) in [5, 5.41) is 0.521. The smallest absolute Gasteiger partial charge is 0.335 e. The van der Waals surface area contributed by atoms with E-state index in [1.54, 1.807) is 0 Å². The lowest BCUT2D eigenvalue weighted by atomic mass is 10.4. The zero-order valence-corrected chi connectivity index (χ0v) is 9.39. The molecule has 0 radical (unpaired) electrons. The van der Waals surface area contributed by atoms with E-state index in [0.29, 0.717) is 18.2 Å². The molecule has 1 rings (SSSR count). The summed E-state index contributed by atoms with van der Waals surface area (Å²) in [6.45, 7) is 4.26. The summed E-state index contributed by atoms with van der Waals surface area (Å²) in [4.78, 5) is 41.7. The fraction of sp³-hybridized carbons (Fsp3) is 0.600. The number of nitrogens with zero attached hydrogens (tertiary/aromatic N) is 2. The van der Waals surface area contributed by atoms with Crippen LogP contribution in [-0.2, 0) is 24.0 Å². The predicted octanol–water partition coefficient (Wildman–Crippen LogP) is -0.299. The summed E-state index contributed by atoms with van der Waals surface area (Å²) in [5.41, 5.74) is 0. The van der Waals surface area contributed by atoms with E-state index in [-0.39, 0.29) is 25.9 Å². The molecule has 0 aromatic carbocycles. The molecule has 1 fully saturated rings. The van der Waals surface area contributed by atoms with Gasteiger partial charge in [0.2, 0.25) is 0 Å². The summed E-state index contributed by atoms with van der Waals surface area (Å²) >= 11 is 0. The largest absolute Gasteiger partial charge is 0.379 e. The van der Waals surface area contributed by atoms with Crippen molar-refractivity contribution in [3.63, 3.8) is 0 Å². The van der Waals surface area contributed by atoms with Gasteiger partial charge >= 0.3 is 5.97 Å². The first-order valence-corrected chi connectivity index (χ1v) is 5.22. The van der Waals surface area contributed by atoms with Crippen LogP contribution in [0.5, 0.6) is 0 Å². The maximum absolute atomic E-state index is 11.2. The Morgan fingerprint density at radius 2 is 1.94 bits per heavy atom. The summed E-state index contributed by atoms with van der Waals surface area (Å²) in [6, 6.07) is 0. The Morgan fingerprint density at radius 1 is 1.29 bits per heavy atom. The molecule has 0 N–H and O–H groups in total. The number of aliphatic imine (C=N–C) groups is 1. The van der Waals surface area contributed by atoms with Crippen LogP contribution in [0.1, 0.15) is 19.3 Å². The van der Waals surface area contributed by atoms with Gasteiger partial charge in [-0.05, 0) is 6.72 Å². The molecule has 0 spiro atoms. The molecule has 0 saturated carbocycles. The Hall–Kier alpha value is -1.76. The zero-order valence-electron chi connectivity index (χ0n) is 9.39. The quantitative estimate of drug-likeness (QED) is 0.347. The number of imide groups is 1. The lowest BCUT2D eigenvalue weighted by Gasteiger charge is -2.12. The van der Waals surface area contributed by atoms with Crippen LogP contribution in [0.2, 0.25) is 0 Å². The van der Waals surface area contributed by atoms with E-state index in [1.807, 2.05) is 0 Å². The van der Waals surface area contributed by atoms with Crippen LogP contribution in [-0.4, -0.2) is 49.3 Å². The van der Waals surface area contributed by atoms with Crippen molar-refractivity contribution in [1.29, 1.82) is 0 Å². The lowest BCUT2D eigenvalue weighted by molar-refractivity contribution is -0.198. The fourth-order valence-corrected chi connectivity index (χ4v) is 1.19. The minimum absolute atomic E-state index is 0.0196. The number of carbonyl (C=O) groups is 3. The van der Waals surface area contributed by atoms with Crippen LogP contribution in [0.15, 0.2) is 4.99 Å². The van der Waals surface area contributed by atoms with Crippen LogP contribution in [0.4, 0.5) is 0 Å². The second-order valence-electron chi connectivity index (χ2n) is 3.35. The number of hydroxylamine groups is 2. The standard InChI is InChI=1S/C10H14N2O5/c1-11-5-7-16-6-4-10(15)17-12-8(13)2-3-9(12)14/h1-7H2. The summed E-state index contributed by atoms with van der Waals surface area (Å²) in [5.74, 6) is -1.64. The number of hydrogen-bond donors (Lipinski definition) is 0. The monoisotopic (exact) mass is 242 g/mol. The van der Waals surface area contributed by atoms with E-state index in [4.69, 9.17) is 4.74 Å². The molecule has 7 nitrogen and oxygen atoms in total. The summed E-state index contributed by atoms with van der Waals surface area (Å²) in [6.07, 6.45) is 0.162. The molecule has 0 aromatic heterocycles. The van der Waals surface area contributed by atoms with E-state index in [1.165, 1.54) is 0 Å². The lowest BCUT2D eigenvalue weighted by Crippen LogP contribution is -2.32. The SMILES string of the molecule is C=NCCOCCC(=O)ON1C(=O)CCC1=O. The van der Waals surface area contributed by atoms with Crippen LogP contribution < -0.4 is 0 Å². The van der Waals surface area contributed by atoms with Gasteiger partial charge in [0.1, 0.15) is 0 Å². The number of hydrogen-bond acceptors (Lipinski definition) is 6. The third-order valence-electron chi connectivity index (χ3n) is 2.04. The van der Waals surface area contributed by atoms with Crippen molar-refractivity contribution in [2.75, 3.05) is 19.8 Å². The summed E-state index contributed by atoms with van der Waals surface area (Å²) < 4.78 is 5.04. The number of carbonyl (C=O) groups excluding carboxylic acids is 3. The molecule has 1 heterocycles. The zero-order chi connectivity index (χ0) is 12.7. The topological polar surface area (TPSA) is 85.3 Å². The molecule has 0 atom stereocenters. The highest BCUT2D eigenvalue weighted by Crippen LogP contribution is 2.12. The van der Waals surface area contributed by atoms with Gasteiger partial charge < -0.3 is 9.57 Å². The average molecular weight is 242 g/mol. The third kappa shape index (κ3) is 4.31. The average Bonchev–Trinajstić information content (AvgIpc) is 2.60. The fourth-order valence-electron chi connectivity index (χ4n) is 1.19. The number of amides is 2. The van der Waals surface area contributed by atoms with Crippen molar-refractivity contribution in [1.82, 2.24) is 5.06 Å². The molecular formula is C10H14N2O5. The molecule has 0 aromatic rings. The Kier molecular flexibility index (Phi) is 5.28. The molecule has 94 valence electrons. The minimum atomic E-state index is -0.667. The van der Waals surface area contributed by atoms with Gasteiger partial charge in [-0.2, -0.15) is 0 Å². The molecule has 0 aliphatic carbocycles. The van der Waals surface area contributed by atoms with Gasteiger partial charge in [-0.15, -0.1) is 5.06 Å². The molecule has 1 aliphatic rings. The molecule has 7 heteroatoms. The van der Waals surface area contributed by atoms with E-state index in [9.17, 15) is 14.4 Å². The molecule has 1 saturated heterocycles. The van der Waals surface area contributed by atoms with Crippen molar-refractivity contribution < 1.29 is 24.0 Å². The maximum atomic E-state index is 11.2. The molecule has 0 bridgehead atoms. The number of rotatable bonds is 7. The Morgan fingerprint density at radius 3 is 2.53 bits per heavy atom. The predicted molar refractivity (Wildman–Crippen MR) is 57.0 cm³/mol. The molecular weight excluding hydrogens is 228 g/mol. The first-order chi connectivity index (χ1) is 8.15.